The van der Waals surface area contributed by atoms with E-state index in [0.29, 0.717) is 10.6 Å². The van der Waals surface area contributed by atoms with Crippen molar-refractivity contribution >= 4 is 29.0 Å². The summed E-state index contributed by atoms with van der Waals surface area (Å²) in [5.41, 5.74) is 9.62. The van der Waals surface area contributed by atoms with E-state index in [1.165, 1.54) is 33.3 Å². The van der Waals surface area contributed by atoms with Gasteiger partial charge in [-0.1, -0.05) is 18.2 Å². The van der Waals surface area contributed by atoms with Gasteiger partial charge < -0.3 is 14.5 Å². The Labute approximate surface area is 255 Å². The second-order valence-corrected chi connectivity index (χ2v) is 12.9. The SMILES string of the molecule is O=C(ON1C(=O)CCC1=O)c1ccccc1C1=c2cc3c4c(c2Oc2c1cc1c5c2CCCN5CCC1)CCC[N+]=4CCC3. The summed E-state index contributed by atoms with van der Waals surface area (Å²) < 4.78 is 9.65. The lowest BCUT2D eigenvalue weighted by Crippen LogP contribution is -2.45. The lowest BCUT2D eigenvalue weighted by molar-refractivity contribution is -0.172. The summed E-state index contributed by atoms with van der Waals surface area (Å²) in [6.07, 6.45) is 8.45. The maximum atomic E-state index is 13.8. The lowest BCUT2D eigenvalue weighted by Gasteiger charge is -2.39. The number of benzene rings is 3. The second-order valence-electron chi connectivity index (χ2n) is 12.9. The minimum Gasteiger partial charge on any atom is -0.455 e. The lowest BCUT2D eigenvalue weighted by atomic mass is 9.82. The Hall–Kier alpha value is -4.46. The highest BCUT2D eigenvalue weighted by Gasteiger charge is 2.38. The molecule has 8 nitrogen and oxygen atoms in total. The zero-order chi connectivity index (χ0) is 29.5. The van der Waals surface area contributed by atoms with Crippen molar-refractivity contribution in [2.75, 3.05) is 31.1 Å². The summed E-state index contributed by atoms with van der Waals surface area (Å²) in [6, 6.07) is 12.0. The van der Waals surface area contributed by atoms with Crippen molar-refractivity contribution in [3.8, 4) is 11.5 Å². The van der Waals surface area contributed by atoms with Gasteiger partial charge in [-0.05, 0) is 67.9 Å². The number of imide groups is 1. The van der Waals surface area contributed by atoms with Crippen LogP contribution in [0.4, 0.5) is 5.69 Å². The zero-order valence-corrected chi connectivity index (χ0v) is 24.7. The predicted molar refractivity (Wildman–Crippen MR) is 163 cm³/mol. The zero-order valence-electron chi connectivity index (χ0n) is 24.7. The summed E-state index contributed by atoms with van der Waals surface area (Å²) in [7, 11) is 0. The summed E-state index contributed by atoms with van der Waals surface area (Å²) in [5.74, 6) is 0.147. The van der Waals surface area contributed by atoms with Crippen molar-refractivity contribution in [1.82, 2.24) is 9.64 Å². The van der Waals surface area contributed by atoms with Crippen molar-refractivity contribution in [3.05, 3.63) is 85.9 Å². The van der Waals surface area contributed by atoms with Crippen molar-refractivity contribution in [2.45, 2.75) is 64.2 Å². The molecule has 1 fully saturated rings. The van der Waals surface area contributed by atoms with Crippen LogP contribution in [0.15, 0.2) is 36.4 Å². The van der Waals surface area contributed by atoms with Crippen molar-refractivity contribution in [2.24, 2.45) is 0 Å². The van der Waals surface area contributed by atoms with Crippen LogP contribution in [0.5, 0.6) is 11.5 Å². The van der Waals surface area contributed by atoms with Crippen LogP contribution in [0.1, 0.15) is 82.3 Å². The summed E-state index contributed by atoms with van der Waals surface area (Å²) >= 11 is 0. The van der Waals surface area contributed by atoms with E-state index in [1.807, 2.05) is 12.1 Å². The number of carbonyl (C=O) groups is 3. The Morgan fingerprint density at radius 2 is 1.50 bits per heavy atom. The van der Waals surface area contributed by atoms with Gasteiger partial charge in [-0.15, -0.1) is 5.06 Å². The Morgan fingerprint density at radius 3 is 2.34 bits per heavy atom. The van der Waals surface area contributed by atoms with E-state index in [1.54, 1.807) is 12.1 Å². The largest absolute Gasteiger partial charge is 0.455 e. The molecule has 3 aromatic carbocycles. The monoisotopic (exact) mass is 588 g/mol. The van der Waals surface area contributed by atoms with E-state index >= 15 is 0 Å². The van der Waals surface area contributed by atoms with Gasteiger partial charge in [0, 0.05) is 71.9 Å². The molecule has 3 aromatic rings. The average Bonchev–Trinajstić information content (AvgIpc) is 3.37. The molecule has 0 spiro atoms. The summed E-state index contributed by atoms with van der Waals surface area (Å²) in [4.78, 5) is 46.5. The average molecular weight is 589 g/mol. The quantitative estimate of drug-likeness (QED) is 0.270. The number of fused-ring (bicyclic) bond motifs is 4. The van der Waals surface area contributed by atoms with Gasteiger partial charge >= 0.3 is 5.97 Å². The molecule has 222 valence electrons. The number of aryl methyl sites for hydroxylation is 2. The highest BCUT2D eigenvalue weighted by Crippen LogP contribution is 2.48. The summed E-state index contributed by atoms with van der Waals surface area (Å²) in [6.45, 7) is 4.29. The molecule has 0 bridgehead atoms. The second kappa shape index (κ2) is 9.78. The number of carbonyl (C=O) groups excluding carboxylic acids is 3. The van der Waals surface area contributed by atoms with Crippen LogP contribution in [-0.4, -0.2) is 49.0 Å². The number of hydrogen-bond acceptors (Lipinski definition) is 6. The minimum atomic E-state index is -0.706. The molecule has 0 unspecified atom stereocenters. The van der Waals surface area contributed by atoms with Gasteiger partial charge in [0.25, 0.3) is 11.8 Å². The third-order valence-corrected chi connectivity index (χ3v) is 10.3. The number of hydrogen-bond donors (Lipinski definition) is 0. The van der Waals surface area contributed by atoms with Crippen LogP contribution in [0.3, 0.4) is 0 Å². The first-order chi connectivity index (χ1) is 21.6. The van der Waals surface area contributed by atoms with Gasteiger partial charge in [-0.25, -0.2) is 9.37 Å². The molecule has 0 N–H and O–H groups in total. The Balaban J connectivity index is 1.34. The molecular formula is C36H34N3O5+. The van der Waals surface area contributed by atoms with Gasteiger partial charge in [-0.2, -0.15) is 0 Å². The van der Waals surface area contributed by atoms with E-state index in [-0.39, 0.29) is 12.8 Å². The van der Waals surface area contributed by atoms with Crippen molar-refractivity contribution in [1.29, 1.82) is 0 Å². The van der Waals surface area contributed by atoms with Crippen LogP contribution in [0.2, 0.25) is 0 Å². The van der Waals surface area contributed by atoms with E-state index in [0.717, 1.165) is 111 Å². The molecule has 44 heavy (non-hydrogen) atoms. The van der Waals surface area contributed by atoms with Gasteiger partial charge in [0.2, 0.25) is 5.36 Å². The molecule has 0 aliphatic carbocycles. The third-order valence-electron chi connectivity index (χ3n) is 10.3. The maximum Gasteiger partial charge on any atom is 0.364 e. The Kier molecular flexibility index (Phi) is 5.77. The molecule has 6 aliphatic rings. The molecule has 0 aromatic heterocycles. The van der Waals surface area contributed by atoms with E-state index in [9.17, 15) is 14.4 Å². The number of rotatable bonds is 3. The highest BCUT2D eigenvalue weighted by atomic mass is 16.7. The molecule has 8 heteroatoms. The fourth-order valence-corrected chi connectivity index (χ4v) is 8.47. The number of hydroxylamine groups is 2. The molecule has 6 aliphatic heterocycles. The van der Waals surface area contributed by atoms with Gasteiger partial charge in [0.05, 0.1) is 11.1 Å². The summed E-state index contributed by atoms with van der Waals surface area (Å²) in [5, 5.41) is 3.00. The first-order valence-corrected chi connectivity index (χ1v) is 16.2. The molecule has 6 heterocycles. The molecule has 0 saturated carbocycles. The van der Waals surface area contributed by atoms with E-state index in [2.05, 4.69) is 21.6 Å². The van der Waals surface area contributed by atoms with Crippen LogP contribution < -0.4 is 24.8 Å². The highest BCUT2D eigenvalue weighted by molar-refractivity contribution is 6.04. The first kappa shape index (κ1) is 26.0. The standard InChI is InChI=1S/C36H34N3O5/c40-29-13-14-30(41)39(29)44-36(42)24-10-2-1-9-23(24)31-27-19-21-7-3-15-37-17-5-11-25(32(21)37)34(27)43-35-26-12-6-18-38-16-4-8-22(33(26)38)20-28(31)35/h1-2,9-10,19-20H,3-8,11-18H2/q+1. The fourth-order valence-electron chi connectivity index (χ4n) is 8.47. The van der Waals surface area contributed by atoms with Gasteiger partial charge in [-0.3, -0.25) is 9.59 Å². The van der Waals surface area contributed by atoms with Crippen LogP contribution >= 0.6 is 0 Å². The Bertz CT molecular complexity index is 1940. The molecular weight excluding hydrogens is 554 g/mol. The van der Waals surface area contributed by atoms with E-state index in [4.69, 9.17) is 9.57 Å². The molecule has 0 atom stereocenters. The number of anilines is 1. The van der Waals surface area contributed by atoms with Gasteiger partial charge in [0.1, 0.15) is 24.6 Å². The van der Waals surface area contributed by atoms with Crippen LogP contribution in [-0.2, 0) is 40.1 Å². The Morgan fingerprint density at radius 1 is 0.773 bits per heavy atom. The number of ether oxygens (including phenoxy) is 1. The number of amides is 2. The van der Waals surface area contributed by atoms with Crippen molar-refractivity contribution in [3.63, 3.8) is 0 Å². The minimum absolute atomic E-state index is 0.0546. The van der Waals surface area contributed by atoms with Gasteiger partial charge in [0.15, 0.2) is 0 Å². The smallest absolute Gasteiger partial charge is 0.364 e. The van der Waals surface area contributed by atoms with Crippen LogP contribution in [0.25, 0.3) is 5.57 Å². The van der Waals surface area contributed by atoms with Crippen LogP contribution in [0, 0.1) is 0 Å². The van der Waals surface area contributed by atoms with Crippen molar-refractivity contribution < 1.29 is 24.0 Å². The molecule has 9 rings (SSSR count). The molecule has 0 radical (unpaired) electrons. The fraction of sp³-hybridized carbons (Fsp3) is 0.389. The number of nitrogens with zero attached hydrogens (tertiary/aromatic N) is 3. The maximum absolute atomic E-state index is 13.8. The van der Waals surface area contributed by atoms with E-state index < -0.39 is 17.8 Å². The molecule has 2 amide bonds. The third kappa shape index (κ3) is 3.75. The normalized spacial score (nSPS) is 19.6. The first-order valence-electron chi connectivity index (χ1n) is 16.2. The predicted octanol–water partition coefficient (Wildman–Crippen LogP) is 3.34. The molecule has 1 saturated heterocycles. The topological polar surface area (TPSA) is 79.2 Å².